The van der Waals surface area contributed by atoms with Crippen LogP contribution < -0.4 is 0 Å². The fourth-order valence-electron chi connectivity index (χ4n) is 2.14. The van der Waals surface area contributed by atoms with Crippen molar-refractivity contribution in [3.8, 4) is 0 Å². The van der Waals surface area contributed by atoms with Gasteiger partial charge in [0.1, 0.15) is 6.04 Å². The molecule has 1 amide bonds. The molecular formula is C17H15BrN2OS. The van der Waals surface area contributed by atoms with Gasteiger partial charge in [0.25, 0.3) is 5.91 Å². The van der Waals surface area contributed by atoms with Crippen molar-refractivity contribution in [1.82, 2.24) is 4.90 Å². The van der Waals surface area contributed by atoms with Crippen LogP contribution in [-0.2, 0) is 0 Å². The number of hydrogen-bond donors (Lipinski definition) is 0. The summed E-state index contributed by atoms with van der Waals surface area (Å²) in [6.45, 7) is 0. The molecule has 0 fully saturated rings. The summed E-state index contributed by atoms with van der Waals surface area (Å²) in [5, 5.41) is 2.46. The Balaban J connectivity index is 2.38. The largest absolute Gasteiger partial charge is 0.345 e. The summed E-state index contributed by atoms with van der Waals surface area (Å²) in [5.41, 5.74) is 2.62. The quantitative estimate of drug-likeness (QED) is 0.588. The second-order valence-electron chi connectivity index (χ2n) is 5.00. The van der Waals surface area contributed by atoms with Crippen LogP contribution in [0.3, 0.4) is 0 Å². The Labute approximate surface area is 143 Å². The molecule has 0 N–H and O–H groups in total. The molecule has 0 aromatic heterocycles. The third-order valence-electron chi connectivity index (χ3n) is 3.23. The van der Waals surface area contributed by atoms with E-state index in [4.69, 9.17) is 12.2 Å². The predicted molar refractivity (Wildman–Crippen MR) is 95.5 cm³/mol. The van der Waals surface area contributed by atoms with E-state index in [-0.39, 0.29) is 11.9 Å². The van der Waals surface area contributed by atoms with Crippen molar-refractivity contribution in [2.45, 2.75) is 6.04 Å². The number of rotatable bonds is 4. The minimum Gasteiger partial charge on any atom is -0.345 e. The molecule has 0 heterocycles. The van der Waals surface area contributed by atoms with Crippen LogP contribution in [0.25, 0.3) is 0 Å². The second kappa shape index (κ2) is 7.45. The minimum atomic E-state index is -0.224. The number of aliphatic imine (C=N–C) groups is 1. The van der Waals surface area contributed by atoms with Gasteiger partial charge >= 0.3 is 0 Å². The Bertz CT molecular complexity index is 722. The number of nitrogens with zero attached hydrogens (tertiary/aromatic N) is 2. The van der Waals surface area contributed by atoms with E-state index in [2.05, 4.69) is 26.1 Å². The van der Waals surface area contributed by atoms with Gasteiger partial charge in [-0.2, -0.15) is 0 Å². The molecule has 112 valence electrons. The lowest BCUT2D eigenvalue weighted by molar-refractivity contribution is 0.0827. The monoisotopic (exact) mass is 374 g/mol. The van der Waals surface area contributed by atoms with Crippen molar-refractivity contribution >= 4 is 39.2 Å². The molecule has 3 nitrogen and oxygen atoms in total. The van der Waals surface area contributed by atoms with Gasteiger partial charge in [-0.1, -0.05) is 40.2 Å². The van der Waals surface area contributed by atoms with Gasteiger partial charge in [0.15, 0.2) is 0 Å². The highest BCUT2D eigenvalue weighted by Crippen LogP contribution is 2.28. The van der Waals surface area contributed by atoms with E-state index in [1.165, 1.54) is 0 Å². The molecule has 0 saturated heterocycles. The Kier molecular flexibility index (Phi) is 5.61. The number of carbonyl (C=O) groups excluding carboxylic acids is 1. The topological polar surface area (TPSA) is 32.7 Å². The maximum Gasteiger partial charge on any atom is 0.253 e. The summed E-state index contributed by atoms with van der Waals surface area (Å²) in [4.78, 5) is 17.7. The highest BCUT2D eigenvalue weighted by Gasteiger charge is 2.14. The molecule has 5 heteroatoms. The molecule has 0 aliphatic carbocycles. The zero-order valence-corrected chi connectivity index (χ0v) is 14.7. The molecule has 1 unspecified atom stereocenters. The number of hydrogen-bond acceptors (Lipinski definition) is 3. The first kappa shape index (κ1) is 16.6. The van der Waals surface area contributed by atoms with Crippen molar-refractivity contribution in [2.24, 2.45) is 4.99 Å². The predicted octanol–water partition coefficient (Wildman–Crippen LogP) is 4.34. The van der Waals surface area contributed by atoms with Crippen LogP contribution in [0.1, 0.15) is 27.5 Å². The molecule has 1 atom stereocenters. The smallest absolute Gasteiger partial charge is 0.253 e. The molecule has 22 heavy (non-hydrogen) atoms. The SMILES string of the molecule is CN(C)C(=O)c1ccc(C(N=C=S)c2cccc(Br)c2)cc1. The van der Waals surface area contributed by atoms with Gasteiger partial charge in [0.05, 0.1) is 5.16 Å². The van der Waals surface area contributed by atoms with Crippen LogP contribution in [0.15, 0.2) is 58.0 Å². The van der Waals surface area contributed by atoms with Gasteiger partial charge < -0.3 is 4.90 Å². The molecule has 2 aromatic carbocycles. The van der Waals surface area contributed by atoms with Crippen molar-refractivity contribution in [3.05, 3.63) is 69.7 Å². The van der Waals surface area contributed by atoms with Gasteiger partial charge in [-0.05, 0) is 47.6 Å². The summed E-state index contributed by atoms with van der Waals surface area (Å²) < 4.78 is 0.981. The lowest BCUT2D eigenvalue weighted by Gasteiger charge is -2.14. The highest BCUT2D eigenvalue weighted by molar-refractivity contribution is 9.10. The molecular weight excluding hydrogens is 360 g/mol. The number of amides is 1. The first-order valence-corrected chi connectivity index (χ1v) is 7.87. The van der Waals surface area contributed by atoms with Crippen LogP contribution in [0, 0.1) is 0 Å². The molecule has 2 aromatic rings. The summed E-state index contributed by atoms with van der Waals surface area (Å²) in [5.74, 6) is -0.0242. The van der Waals surface area contributed by atoms with Crippen molar-refractivity contribution in [2.75, 3.05) is 14.1 Å². The van der Waals surface area contributed by atoms with Gasteiger partial charge in [-0.15, -0.1) is 0 Å². The zero-order chi connectivity index (χ0) is 16.1. The summed E-state index contributed by atoms with van der Waals surface area (Å²) in [7, 11) is 3.47. The van der Waals surface area contributed by atoms with Crippen molar-refractivity contribution in [1.29, 1.82) is 0 Å². The molecule has 0 radical (unpaired) electrons. The zero-order valence-electron chi connectivity index (χ0n) is 12.3. The lowest BCUT2D eigenvalue weighted by atomic mass is 9.98. The summed E-state index contributed by atoms with van der Waals surface area (Å²) in [6.07, 6.45) is 0. The molecule has 0 spiro atoms. The highest BCUT2D eigenvalue weighted by atomic mass is 79.9. The molecule has 2 rings (SSSR count). The number of thiocarbonyl (C=S) groups is 1. The van der Waals surface area contributed by atoms with Gasteiger partial charge in [0.2, 0.25) is 0 Å². The van der Waals surface area contributed by atoms with Crippen LogP contribution >= 0.6 is 28.1 Å². The molecule has 0 aliphatic heterocycles. The van der Waals surface area contributed by atoms with E-state index < -0.39 is 0 Å². The summed E-state index contributed by atoms with van der Waals surface area (Å²) >= 11 is 8.24. The summed E-state index contributed by atoms with van der Waals surface area (Å²) in [6, 6.07) is 15.1. The standard InChI is InChI=1S/C17H15BrN2OS/c1-20(2)17(21)13-8-6-12(7-9-13)16(19-11-22)14-4-3-5-15(18)10-14/h3-10,16H,1-2H3. The Morgan fingerprint density at radius 1 is 1.18 bits per heavy atom. The number of halogens is 1. The van der Waals surface area contributed by atoms with Gasteiger partial charge in [-0.25, -0.2) is 4.99 Å². The molecule has 0 saturated carbocycles. The fourth-order valence-corrected chi connectivity index (χ4v) is 2.66. The van der Waals surface area contributed by atoms with E-state index in [0.29, 0.717) is 5.56 Å². The van der Waals surface area contributed by atoms with E-state index in [0.717, 1.165) is 15.6 Å². The Morgan fingerprint density at radius 2 is 1.86 bits per heavy atom. The van der Waals surface area contributed by atoms with Crippen LogP contribution in [0.5, 0.6) is 0 Å². The fraction of sp³-hybridized carbons (Fsp3) is 0.176. The van der Waals surface area contributed by atoms with E-state index >= 15 is 0 Å². The molecule has 0 bridgehead atoms. The Morgan fingerprint density at radius 3 is 2.41 bits per heavy atom. The van der Waals surface area contributed by atoms with Crippen molar-refractivity contribution < 1.29 is 4.79 Å². The normalized spacial score (nSPS) is 11.4. The third kappa shape index (κ3) is 3.89. The minimum absolute atomic E-state index is 0.0242. The van der Waals surface area contributed by atoms with Gasteiger partial charge in [0, 0.05) is 24.1 Å². The number of carbonyl (C=O) groups is 1. The van der Waals surface area contributed by atoms with Crippen molar-refractivity contribution in [3.63, 3.8) is 0 Å². The molecule has 0 aliphatic rings. The van der Waals surface area contributed by atoms with E-state index in [9.17, 15) is 4.79 Å². The number of benzene rings is 2. The van der Waals surface area contributed by atoms with Crippen LogP contribution in [0.4, 0.5) is 0 Å². The van der Waals surface area contributed by atoms with Crippen LogP contribution in [0.2, 0.25) is 0 Å². The Hall–Kier alpha value is -1.81. The van der Waals surface area contributed by atoms with Crippen LogP contribution in [-0.4, -0.2) is 30.1 Å². The average Bonchev–Trinajstić information content (AvgIpc) is 2.52. The van der Waals surface area contributed by atoms with E-state index in [1.54, 1.807) is 19.0 Å². The maximum atomic E-state index is 11.9. The second-order valence-corrected chi connectivity index (χ2v) is 6.10. The lowest BCUT2D eigenvalue weighted by Crippen LogP contribution is -2.21. The first-order chi connectivity index (χ1) is 10.5. The van der Waals surface area contributed by atoms with E-state index in [1.807, 2.05) is 48.5 Å². The number of isothiocyanates is 1. The third-order valence-corrected chi connectivity index (χ3v) is 3.82. The maximum absolute atomic E-state index is 11.9. The first-order valence-electron chi connectivity index (χ1n) is 6.67. The van der Waals surface area contributed by atoms with Gasteiger partial charge in [-0.3, -0.25) is 4.79 Å². The average molecular weight is 375 g/mol.